The minimum atomic E-state index is -4.52. The van der Waals surface area contributed by atoms with Crippen molar-refractivity contribution >= 4 is 34.9 Å². The van der Waals surface area contributed by atoms with Crippen molar-refractivity contribution in [3.63, 3.8) is 0 Å². The minimum absolute atomic E-state index is 0.124. The summed E-state index contributed by atoms with van der Waals surface area (Å²) in [6.07, 6.45) is -4.24. The van der Waals surface area contributed by atoms with Gasteiger partial charge in [0, 0.05) is 29.5 Å². The molecule has 6 N–H and O–H groups in total. The summed E-state index contributed by atoms with van der Waals surface area (Å²) in [5, 5.41) is 10.9. The molecule has 1 aliphatic heterocycles. The summed E-state index contributed by atoms with van der Waals surface area (Å²) in [5.41, 5.74) is 6.38. The predicted octanol–water partition coefficient (Wildman–Crippen LogP) is 6.01. The van der Waals surface area contributed by atoms with Crippen LogP contribution < -0.4 is 27.0 Å². The van der Waals surface area contributed by atoms with Gasteiger partial charge in [-0.15, -0.1) is 0 Å². The Morgan fingerprint density at radius 1 is 0.952 bits per heavy atom. The Morgan fingerprint density at radius 3 is 2.24 bits per heavy atom. The van der Waals surface area contributed by atoms with E-state index in [2.05, 4.69) is 21.3 Å². The number of anilines is 3. The molecule has 8 nitrogen and oxygen atoms in total. The smallest absolute Gasteiger partial charge is 0.341 e. The number of alkyl halides is 3. The number of rotatable bonds is 6. The van der Waals surface area contributed by atoms with Crippen LogP contribution in [0.25, 0.3) is 11.1 Å². The molecule has 3 aromatic rings. The molecule has 1 unspecified atom stereocenters. The minimum Gasteiger partial charge on any atom is -0.341 e. The average molecular weight is 582 g/mol. The topological polar surface area (TPSA) is 125 Å². The highest BCUT2D eigenvalue weighted by Crippen LogP contribution is 2.44. The highest BCUT2D eigenvalue weighted by molar-refractivity contribution is 6.03. The average Bonchev–Trinajstić information content (AvgIpc) is 3.09. The molecule has 2 atom stereocenters. The zero-order valence-electron chi connectivity index (χ0n) is 23.8. The molecule has 1 aliphatic rings. The Labute approximate surface area is 242 Å². The van der Waals surface area contributed by atoms with Crippen molar-refractivity contribution < 1.29 is 27.6 Å². The van der Waals surface area contributed by atoms with Crippen LogP contribution in [-0.2, 0) is 22.2 Å². The zero-order valence-corrected chi connectivity index (χ0v) is 23.8. The van der Waals surface area contributed by atoms with Crippen LogP contribution in [0.4, 0.5) is 35.0 Å². The van der Waals surface area contributed by atoms with Gasteiger partial charge < -0.3 is 27.0 Å². The molecule has 0 aromatic heterocycles. The summed E-state index contributed by atoms with van der Waals surface area (Å²) >= 11 is 0. The van der Waals surface area contributed by atoms with Crippen molar-refractivity contribution in [3.8, 4) is 11.1 Å². The van der Waals surface area contributed by atoms with Gasteiger partial charge >= 0.3 is 12.2 Å². The predicted molar refractivity (Wildman–Crippen MR) is 157 cm³/mol. The maximum atomic E-state index is 13.9. The lowest BCUT2D eigenvalue weighted by Gasteiger charge is -2.44. The van der Waals surface area contributed by atoms with Gasteiger partial charge in [-0.1, -0.05) is 30.3 Å². The molecule has 0 aliphatic carbocycles. The third-order valence-electron chi connectivity index (χ3n) is 8.07. The van der Waals surface area contributed by atoms with Crippen LogP contribution >= 0.6 is 0 Å². The third-order valence-corrected chi connectivity index (χ3v) is 8.07. The van der Waals surface area contributed by atoms with Crippen LogP contribution in [0.5, 0.6) is 0 Å². The summed E-state index contributed by atoms with van der Waals surface area (Å²) in [7, 11) is 1.52. The maximum absolute atomic E-state index is 13.9. The van der Waals surface area contributed by atoms with Crippen molar-refractivity contribution in [1.29, 1.82) is 0 Å². The number of carbonyl (C=O) groups is 3. The molecular formula is C31H34F3N5O3. The number of fused-ring (bicyclic) bond motifs is 1. The second-order valence-corrected chi connectivity index (χ2v) is 11.2. The van der Waals surface area contributed by atoms with Gasteiger partial charge in [0.25, 0.3) is 0 Å². The number of nitrogens with two attached hydrogens (primary N) is 1. The Hall–Kier alpha value is -4.38. The van der Waals surface area contributed by atoms with Crippen LogP contribution in [0, 0.1) is 11.3 Å². The highest BCUT2D eigenvalue weighted by Gasteiger charge is 2.54. The molecule has 11 heteroatoms. The van der Waals surface area contributed by atoms with Gasteiger partial charge in [-0.3, -0.25) is 9.59 Å². The number of urea groups is 1. The molecular weight excluding hydrogens is 547 g/mol. The normalized spacial score (nSPS) is 16.8. The van der Waals surface area contributed by atoms with Gasteiger partial charge in [-0.2, -0.15) is 13.2 Å². The lowest BCUT2D eigenvalue weighted by Crippen LogP contribution is -2.61. The Balaban J connectivity index is 1.58. The molecule has 4 rings (SSSR count). The van der Waals surface area contributed by atoms with Gasteiger partial charge in [0.15, 0.2) is 0 Å². The first-order chi connectivity index (χ1) is 19.6. The van der Waals surface area contributed by atoms with E-state index in [-0.39, 0.29) is 24.6 Å². The van der Waals surface area contributed by atoms with Crippen LogP contribution in [0.1, 0.15) is 38.3 Å². The van der Waals surface area contributed by atoms with E-state index in [9.17, 15) is 27.6 Å². The second kappa shape index (κ2) is 11.5. The number of halogens is 3. The van der Waals surface area contributed by atoms with Gasteiger partial charge in [0.2, 0.25) is 11.8 Å². The fraction of sp³-hybridized carbons (Fsp3) is 0.323. The molecule has 0 spiro atoms. The molecule has 3 aromatic carbocycles. The van der Waals surface area contributed by atoms with Crippen molar-refractivity contribution in [2.24, 2.45) is 17.1 Å². The summed E-state index contributed by atoms with van der Waals surface area (Å²) < 4.78 is 39.9. The van der Waals surface area contributed by atoms with Crippen molar-refractivity contribution in [2.45, 2.75) is 45.3 Å². The van der Waals surface area contributed by atoms with Crippen molar-refractivity contribution in [1.82, 2.24) is 5.32 Å². The molecule has 222 valence electrons. The highest BCUT2D eigenvalue weighted by atomic mass is 19.4. The quantitative estimate of drug-likeness (QED) is 0.245. The maximum Gasteiger partial charge on any atom is 0.416 e. The lowest BCUT2D eigenvalue weighted by molar-refractivity contribution is -0.139. The largest absolute Gasteiger partial charge is 0.416 e. The molecule has 1 heterocycles. The van der Waals surface area contributed by atoms with E-state index in [0.717, 1.165) is 23.3 Å². The SMILES string of the molecule is CNC(=O)Nc1ccccc1-c1ccc(NC(=O)C(C)([C@H]2CCc3cc(C(F)(F)F)ccc3NC2=O)C(C)(C)N)cc1. The number of hydrogen-bond acceptors (Lipinski definition) is 4. The van der Waals surface area contributed by atoms with Crippen LogP contribution in [0.15, 0.2) is 66.7 Å². The third kappa shape index (κ3) is 6.11. The van der Waals surface area contributed by atoms with E-state index in [1.165, 1.54) is 13.1 Å². The number of amides is 4. The number of para-hydroxylation sites is 1. The van der Waals surface area contributed by atoms with Crippen LogP contribution in [-0.4, -0.2) is 30.4 Å². The number of hydrogen-bond donors (Lipinski definition) is 5. The molecule has 0 bridgehead atoms. The summed E-state index contributed by atoms with van der Waals surface area (Å²) in [6.45, 7) is 4.91. The van der Waals surface area contributed by atoms with E-state index >= 15 is 0 Å². The molecule has 0 radical (unpaired) electrons. The van der Waals surface area contributed by atoms with E-state index in [0.29, 0.717) is 16.9 Å². The fourth-order valence-electron chi connectivity index (χ4n) is 5.22. The summed E-state index contributed by atoms with van der Waals surface area (Å²) in [6, 6.07) is 17.1. The molecule has 42 heavy (non-hydrogen) atoms. The van der Waals surface area contributed by atoms with Gasteiger partial charge in [0.1, 0.15) is 0 Å². The van der Waals surface area contributed by atoms with Crippen LogP contribution in [0.2, 0.25) is 0 Å². The van der Waals surface area contributed by atoms with E-state index in [1.807, 2.05) is 12.1 Å². The molecule has 4 amide bonds. The molecule has 0 saturated heterocycles. The zero-order chi connectivity index (χ0) is 30.9. The van der Waals surface area contributed by atoms with Gasteiger partial charge in [-0.25, -0.2) is 4.79 Å². The first-order valence-electron chi connectivity index (χ1n) is 13.4. The van der Waals surface area contributed by atoms with E-state index in [4.69, 9.17) is 5.73 Å². The number of aryl methyl sites for hydroxylation is 1. The summed E-state index contributed by atoms with van der Waals surface area (Å²) in [4.78, 5) is 39.2. The van der Waals surface area contributed by atoms with Crippen molar-refractivity contribution in [2.75, 3.05) is 23.0 Å². The Kier molecular flexibility index (Phi) is 8.36. The lowest BCUT2D eigenvalue weighted by atomic mass is 9.62. The Bertz CT molecular complexity index is 1500. The first kappa shape index (κ1) is 30.6. The summed E-state index contributed by atoms with van der Waals surface area (Å²) in [5.74, 6) is -1.91. The first-order valence-corrected chi connectivity index (χ1v) is 13.4. The van der Waals surface area contributed by atoms with Gasteiger partial charge in [0.05, 0.1) is 22.6 Å². The van der Waals surface area contributed by atoms with Crippen LogP contribution in [0.3, 0.4) is 0 Å². The van der Waals surface area contributed by atoms with Gasteiger partial charge in [-0.05, 0) is 81.1 Å². The molecule has 0 saturated carbocycles. The number of carbonyl (C=O) groups excluding carboxylic acids is 3. The number of benzene rings is 3. The fourth-order valence-corrected chi connectivity index (χ4v) is 5.22. The monoisotopic (exact) mass is 581 g/mol. The van der Waals surface area contributed by atoms with Crippen molar-refractivity contribution in [3.05, 3.63) is 77.9 Å². The Morgan fingerprint density at radius 2 is 1.62 bits per heavy atom. The van der Waals surface area contributed by atoms with E-state index < -0.39 is 40.4 Å². The molecule has 0 fully saturated rings. The standard InChI is InChI=1S/C31H34F3N5O3/c1-29(2,35)30(3,23-15-11-19-17-20(31(32,33)34)12-16-24(19)38-26(23)40)27(41)37-21-13-9-18(10-14-21)22-7-5-6-8-25(22)39-28(42)36-4/h5-10,12-14,16-17,23H,11,15,35H2,1-4H3,(H,37,41)(H,38,40)(H2,36,39,42)/t23-,30?/m0/s1. The second-order valence-electron chi connectivity index (χ2n) is 11.2. The number of nitrogens with one attached hydrogen (secondary N) is 4. The van der Waals surface area contributed by atoms with E-state index in [1.54, 1.807) is 57.2 Å².